The van der Waals surface area contributed by atoms with Gasteiger partial charge in [0.25, 0.3) is 10.9 Å². The predicted octanol–water partition coefficient (Wildman–Crippen LogP) is 3.40. The molecule has 1 heterocycles. The fourth-order valence-electron chi connectivity index (χ4n) is 4.61. The monoisotopic (exact) mass is 404 g/mol. The van der Waals surface area contributed by atoms with Crippen molar-refractivity contribution in [2.75, 3.05) is 23.3 Å². The molecular weight excluding hydrogens is 376 g/mol. The van der Waals surface area contributed by atoms with Crippen LogP contribution in [0.1, 0.15) is 43.7 Å². The number of anilines is 2. The largest absolute Gasteiger partial charge is 0.380 e. The van der Waals surface area contributed by atoms with Gasteiger partial charge in [-0.3, -0.25) is 9.59 Å². The summed E-state index contributed by atoms with van der Waals surface area (Å²) in [5.74, 6) is 0. The van der Waals surface area contributed by atoms with Gasteiger partial charge in [0.2, 0.25) is 0 Å². The highest BCUT2D eigenvalue weighted by Gasteiger charge is 2.47. The first-order chi connectivity index (χ1) is 14.6. The van der Waals surface area contributed by atoms with Gasteiger partial charge in [0.15, 0.2) is 0 Å². The zero-order chi connectivity index (χ0) is 21.1. The van der Waals surface area contributed by atoms with E-state index in [0.29, 0.717) is 24.5 Å². The zero-order valence-corrected chi connectivity index (χ0v) is 17.3. The predicted molar refractivity (Wildman–Crippen MR) is 121 cm³/mol. The quantitative estimate of drug-likeness (QED) is 0.445. The summed E-state index contributed by atoms with van der Waals surface area (Å²) >= 11 is 0. The van der Waals surface area contributed by atoms with Crippen molar-refractivity contribution >= 4 is 11.4 Å². The topological polar surface area (TPSA) is 69.6 Å². The zero-order valence-electron chi connectivity index (χ0n) is 17.3. The fourth-order valence-corrected chi connectivity index (χ4v) is 4.61. The van der Waals surface area contributed by atoms with Crippen molar-refractivity contribution in [3.8, 4) is 0 Å². The van der Waals surface area contributed by atoms with Crippen LogP contribution >= 0.6 is 0 Å². The van der Waals surface area contributed by atoms with Crippen molar-refractivity contribution in [1.29, 1.82) is 0 Å². The molecule has 0 aromatic heterocycles. The molecule has 0 saturated carbocycles. The summed E-state index contributed by atoms with van der Waals surface area (Å²) in [6.07, 6.45) is 3.51. The molecule has 3 aromatic carbocycles. The van der Waals surface area contributed by atoms with Gasteiger partial charge in [0.1, 0.15) is 17.0 Å². The van der Waals surface area contributed by atoms with Crippen LogP contribution in [0.15, 0.2) is 70.3 Å². The van der Waals surface area contributed by atoms with Crippen molar-refractivity contribution in [2.24, 2.45) is 0 Å². The number of hydrogen-bond donors (Lipinski definition) is 2. The Hall–Kier alpha value is -2.92. The minimum absolute atomic E-state index is 0.336. The van der Waals surface area contributed by atoms with Gasteiger partial charge in [0.05, 0.1) is 6.04 Å². The molecule has 1 aliphatic rings. The summed E-state index contributed by atoms with van der Waals surface area (Å²) in [6, 6.07) is 18.9. The van der Waals surface area contributed by atoms with Crippen LogP contribution in [0, 0.1) is 0 Å². The number of benzene rings is 2. The Kier molecular flexibility index (Phi) is 5.73. The molecule has 156 valence electrons. The lowest BCUT2D eigenvalue weighted by molar-refractivity contribution is 0.0529. The lowest BCUT2D eigenvalue weighted by Gasteiger charge is -2.41. The molecule has 5 nitrogen and oxygen atoms in total. The van der Waals surface area contributed by atoms with Crippen molar-refractivity contribution in [1.82, 2.24) is 0 Å². The van der Waals surface area contributed by atoms with Gasteiger partial charge in [-0.2, -0.15) is 0 Å². The van der Waals surface area contributed by atoms with Gasteiger partial charge in [0, 0.05) is 13.1 Å². The molecule has 0 aliphatic carbocycles. The van der Waals surface area contributed by atoms with Crippen LogP contribution in [-0.4, -0.2) is 24.2 Å². The number of unbranched alkanes of at least 4 members (excludes halogenated alkanes) is 1. The van der Waals surface area contributed by atoms with E-state index in [9.17, 15) is 14.7 Å². The molecule has 0 radical (unpaired) electrons. The SMILES string of the molecule is CCCCNc1c(N2CCC[C@H]2C(O)(c2ccccc2)c2ccccc2)c(=O)c1=O. The van der Waals surface area contributed by atoms with E-state index >= 15 is 0 Å². The maximum Gasteiger partial charge on any atom is 0.253 e. The van der Waals surface area contributed by atoms with Crippen LogP contribution in [0.25, 0.3) is 0 Å². The van der Waals surface area contributed by atoms with Crippen LogP contribution in [-0.2, 0) is 5.60 Å². The Morgan fingerprint density at radius 2 is 1.60 bits per heavy atom. The number of aliphatic hydroxyl groups is 1. The Morgan fingerprint density at radius 3 is 2.17 bits per heavy atom. The van der Waals surface area contributed by atoms with E-state index in [0.717, 1.165) is 36.8 Å². The maximum atomic E-state index is 12.6. The van der Waals surface area contributed by atoms with Crippen molar-refractivity contribution < 1.29 is 5.11 Å². The average molecular weight is 405 g/mol. The normalized spacial score (nSPS) is 16.9. The molecule has 5 heteroatoms. The lowest BCUT2D eigenvalue weighted by Crippen LogP contribution is -2.52. The molecule has 2 N–H and O–H groups in total. The second-order valence-corrected chi connectivity index (χ2v) is 8.01. The number of nitrogens with zero attached hydrogens (tertiary/aromatic N) is 1. The summed E-state index contributed by atoms with van der Waals surface area (Å²) in [5, 5.41) is 15.3. The first-order valence-electron chi connectivity index (χ1n) is 10.8. The van der Waals surface area contributed by atoms with E-state index in [1.54, 1.807) is 0 Å². The molecule has 3 aromatic rings. The number of nitrogens with one attached hydrogen (secondary N) is 1. The first-order valence-corrected chi connectivity index (χ1v) is 10.8. The third kappa shape index (κ3) is 3.33. The molecule has 0 unspecified atom stereocenters. The van der Waals surface area contributed by atoms with Crippen LogP contribution in [0.3, 0.4) is 0 Å². The Balaban J connectivity index is 1.77. The smallest absolute Gasteiger partial charge is 0.253 e. The van der Waals surface area contributed by atoms with Gasteiger partial charge in [-0.1, -0.05) is 74.0 Å². The maximum absolute atomic E-state index is 12.6. The Labute approximate surface area is 176 Å². The third-order valence-electron chi connectivity index (χ3n) is 6.17. The second kappa shape index (κ2) is 8.44. The van der Waals surface area contributed by atoms with E-state index in [1.807, 2.05) is 65.6 Å². The van der Waals surface area contributed by atoms with Crippen molar-refractivity contribution in [3.63, 3.8) is 0 Å². The lowest BCUT2D eigenvalue weighted by atomic mass is 9.79. The van der Waals surface area contributed by atoms with E-state index in [2.05, 4.69) is 12.2 Å². The van der Waals surface area contributed by atoms with Crippen molar-refractivity contribution in [2.45, 2.75) is 44.2 Å². The summed E-state index contributed by atoms with van der Waals surface area (Å²) in [6.45, 7) is 3.38. The highest BCUT2D eigenvalue weighted by Crippen LogP contribution is 2.42. The first kappa shape index (κ1) is 20.4. The molecule has 1 atom stereocenters. The van der Waals surface area contributed by atoms with E-state index in [1.165, 1.54) is 0 Å². The van der Waals surface area contributed by atoms with E-state index in [4.69, 9.17) is 0 Å². The second-order valence-electron chi connectivity index (χ2n) is 8.01. The number of hydrogen-bond acceptors (Lipinski definition) is 5. The highest BCUT2D eigenvalue weighted by molar-refractivity contribution is 5.76. The van der Waals surface area contributed by atoms with Gasteiger partial charge < -0.3 is 15.3 Å². The molecule has 1 aliphatic heterocycles. The van der Waals surface area contributed by atoms with Gasteiger partial charge in [-0.15, -0.1) is 0 Å². The molecule has 0 bridgehead atoms. The molecule has 1 fully saturated rings. The molecule has 1 saturated heterocycles. The van der Waals surface area contributed by atoms with Gasteiger partial charge in [-0.05, 0) is 30.4 Å². The molecule has 0 amide bonds. The van der Waals surface area contributed by atoms with Crippen LogP contribution < -0.4 is 21.1 Å². The number of rotatable bonds is 8. The molecular formula is C25H28N2O3. The minimum Gasteiger partial charge on any atom is -0.380 e. The third-order valence-corrected chi connectivity index (χ3v) is 6.17. The minimum atomic E-state index is -1.29. The summed E-state index contributed by atoms with van der Waals surface area (Å²) < 4.78 is 0. The Bertz CT molecular complexity index is 1020. The highest BCUT2D eigenvalue weighted by atomic mass is 16.3. The van der Waals surface area contributed by atoms with Crippen LogP contribution in [0.5, 0.6) is 0 Å². The van der Waals surface area contributed by atoms with E-state index in [-0.39, 0.29) is 6.04 Å². The van der Waals surface area contributed by atoms with Crippen LogP contribution in [0.4, 0.5) is 11.4 Å². The fraction of sp³-hybridized carbons (Fsp3) is 0.360. The molecule has 0 spiro atoms. The average Bonchev–Trinajstić information content (AvgIpc) is 3.28. The summed E-state index contributed by atoms with van der Waals surface area (Å²) in [5.41, 5.74) is 0.214. The van der Waals surface area contributed by atoms with Crippen molar-refractivity contribution in [3.05, 3.63) is 92.2 Å². The molecule has 4 rings (SSSR count). The summed E-state index contributed by atoms with van der Waals surface area (Å²) in [4.78, 5) is 26.8. The van der Waals surface area contributed by atoms with E-state index < -0.39 is 16.5 Å². The molecule has 30 heavy (non-hydrogen) atoms. The van der Waals surface area contributed by atoms with Gasteiger partial charge >= 0.3 is 0 Å². The van der Waals surface area contributed by atoms with Crippen LogP contribution in [0.2, 0.25) is 0 Å². The summed E-state index contributed by atoms with van der Waals surface area (Å²) in [7, 11) is 0. The Morgan fingerprint density at radius 1 is 1.00 bits per heavy atom. The standard InChI is InChI=1S/C25H28N2O3/c1-2-3-16-26-21-22(24(29)23(21)28)27-17-10-15-20(27)25(30,18-11-6-4-7-12-18)19-13-8-5-9-14-19/h4-9,11-14,20,26,30H,2-3,10,15-17H2,1H3/t20-/m0/s1. The van der Waals surface area contributed by atoms with Gasteiger partial charge in [-0.25, -0.2) is 0 Å².